The number of furan rings is 1. The molecule has 0 unspecified atom stereocenters. The van der Waals surface area contributed by atoms with Gasteiger partial charge < -0.3 is 19.8 Å². The summed E-state index contributed by atoms with van der Waals surface area (Å²) < 4.78 is 38.2. The second-order valence-corrected chi connectivity index (χ2v) is 10.1. The smallest absolute Gasteiger partial charge is 0.287 e. The molecule has 0 spiro atoms. The predicted molar refractivity (Wildman–Crippen MR) is 129 cm³/mol. The number of aryl methyl sites for hydroxylation is 1. The Morgan fingerprint density at radius 2 is 1.77 bits per heavy atom. The van der Waals surface area contributed by atoms with Gasteiger partial charge in [-0.3, -0.25) is 9.59 Å². The highest BCUT2D eigenvalue weighted by Gasteiger charge is 2.29. The second kappa shape index (κ2) is 10.9. The van der Waals surface area contributed by atoms with E-state index in [0.717, 1.165) is 5.56 Å². The predicted octanol–water partition coefficient (Wildman–Crippen LogP) is 2.59. The summed E-state index contributed by atoms with van der Waals surface area (Å²) in [5.41, 5.74) is 1.74. The minimum Gasteiger partial charge on any atom is -0.459 e. The van der Waals surface area contributed by atoms with Crippen LogP contribution < -0.4 is 10.6 Å². The van der Waals surface area contributed by atoms with Crippen molar-refractivity contribution < 1.29 is 27.2 Å². The molecule has 3 aromatic rings. The Balaban J connectivity index is 1.56. The molecule has 0 aliphatic carbocycles. The number of hydrogen-bond donors (Lipinski definition) is 2. The molecule has 1 aromatic heterocycles. The van der Waals surface area contributed by atoms with E-state index in [0.29, 0.717) is 24.5 Å². The van der Waals surface area contributed by atoms with Crippen LogP contribution in [0.2, 0.25) is 0 Å². The number of morpholine rings is 1. The lowest BCUT2D eigenvalue weighted by atomic mass is 10.0. The molecule has 2 N–H and O–H groups in total. The van der Waals surface area contributed by atoms with Crippen LogP contribution in [-0.4, -0.2) is 56.9 Å². The fourth-order valence-corrected chi connectivity index (χ4v) is 5.47. The van der Waals surface area contributed by atoms with Crippen LogP contribution in [0, 0.1) is 6.92 Å². The minimum atomic E-state index is -3.75. The second-order valence-electron chi connectivity index (χ2n) is 8.18. The minimum absolute atomic E-state index is 0.0880. The fourth-order valence-electron chi connectivity index (χ4n) is 3.81. The summed E-state index contributed by atoms with van der Waals surface area (Å²) in [6, 6.07) is 16.2. The third kappa shape index (κ3) is 5.97. The van der Waals surface area contributed by atoms with Crippen LogP contribution in [0.1, 0.15) is 21.7 Å². The first-order valence-corrected chi connectivity index (χ1v) is 12.7. The van der Waals surface area contributed by atoms with Gasteiger partial charge in [0.25, 0.3) is 5.91 Å². The molecule has 184 valence electrons. The summed E-state index contributed by atoms with van der Waals surface area (Å²) >= 11 is 0. The lowest BCUT2D eigenvalue weighted by Gasteiger charge is -2.27. The topological polar surface area (TPSA) is 118 Å². The molecule has 4 rings (SSSR count). The summed E-state index contributed by atoms with van der Waals surface area (Å²) in [6.07, 6.45) is 1.62. The number of carbonyl (C=O) groups excluding carboxylic acids is 2. The third-order valence-electron chi connectivity index (χ3n) is 5.69. The van der Waals surface area contributed by atoms with E-state index in [-0.39, 0.29) is 30.2 Å². The maximum absolute atomic E-state index is 13.2. The molecule has 9 nitrogen and oxygen atoms in total. The van der Waals surface area contributed by atoms with Crippen molar-refractivity contribution in [2.45, 2.75) is 24.3 Å². The van der Waals surface area contributed by atoms with Gasteiger partial charge in [-0.25, -0.2) is 8.42 Å². The first-order chi connectivity index (χ1) is 16.8. The fraction of sp³-hybridized carbons (Fsp3) is 0.280. The Kier molecular flexibility index (Phi) is 7.64. The number of nitrogens with one attached hydrogen (secondary N) is 2. The number of benzene rings is 2. The molecule has 10 heteroatoms. The van der Waals surface area contributed by atoms with E-state index in [1.54, 1.807) is 25.1 Å². The number of anilines is 1. The summed E-state index contributed by atoms with van der Waals surface area (Å²) in [6.45, 7) is 2.93. The van der Waals surface area contributed by atoms with E-state index >= 15 is 0 Å². The highest BCUT2D eigenvalue weighted by molar-refractivity contribution is 7.89. The molecule has 1 saturated heterocycles. The van der Waals surface area contributed by atoms with E-state index in [9.17, 15) is 18.0 Å². The number of rotatable bonds is 8. The van der Waals surface area contributed by atoms with E-state index in [1.807, 2.05) is 30.3 Å². The van der Waals surface area contributed by atoms with Crippen LogP contribution >= 0.6 is 0 Å². The molecule has 0 saturated carbocycles. The number of ether oxygens (including phenoxy) is 1. The van der Waals surface area contributed by atoms with Gasteiger partial charge in [0, 0.05) is 25.2 Å². The van der Waals surface area contributed by atoms with E-state index < -0.39 is 27.9 Å². The molecule has 1 aliphatic heterocycles. The molecule has 2 amide bonds. The molecule has 1 atom stereocenters. The number of amides is 2. The van der Waals surface area contributed by atoms with Crippen molar-refractivity contribution in [2.24, 2.45) is 0 Å². The average Bonchev–Trinajstić information content (AvgIpc) is 3.41. The normalized spacial score (nSPS) is 15.3. The van der Waals surface area contributed by atoms with E-state index in [4.69, 9.17) is 9.15 Å². The SMILES string of the molecule is Cc1ccc(NC(=O)[C@H](Cc2ccccc2)NC(=O)c2ccco2)cc1S(=O)(=O)N1CCOCC1. The molecular formula is C25H27N3O6S. The maximum atomic E-state index is 13.2. The van der Waals surface area contributed by atoms with Gasteiger partial charge in [0.05, 0.1) is 24.4 Å². The quantitative estimate of drug-likeness (QED) is 0.494. The van der Waals surface area contributed by atoms with Gasteiger partial charge in [-0.1, -0.05) is 36.4 Å². The highest BCUT2D eigenvalue weighted by atomic mass is 32.2. The van der Waals surface area contributed by atoms with Crippen LogP contribution in [0.3, 0.4) is 0 Å². The average molecular weight is 498 g/mol. The van der Waals surface area contributed by atoms with E-state index in [2.05, 4.69) is 10.6 Å². The third-order valence-corrected chi connectivity index (χ3v) is 7.73. The number of nitrogens with zero attached hydrogens (tertiary/aromatic N) is 1. The van der Waals surface area contributed by atoms with Gasteiger partial charge in [-0.15, -0.1) is 0 Å². The highest BCUT2D eigenvalue weighted by Crippen LogP contribution is 2.24. The van der Waals surface area contributed by atoms with Crippen LogP contribution in [0.15, 0.2) is 76.2 Å². The number of sulfonamides is 1. The van der Waals surface area contributed by atoms with Crippen molar-refractivity contribution >= 4 is 27.5 Å². The zero-order valence-electron chi connectivity index (χ0n) is 19.3. The summed E-state index contributed by atoms with van der Waals surface area (Å²) in [4.78, 5) is 25.9. The van der Waals surface area contributed by atoms with Crippen LogP contribution in [-0.2, 0) is 26.0 Å². The van der Waals surface area contributed by atoms with Crippen molar-refractivity contribution in [3.05, 3.63) is 83.8 Å². The van der Waals surface area contributed by atoms with Crippen LogP contribution in [0.5, 0.6) is 0 Å². The summed E-state index contributed by atoms with van der Waals surface area (Å²) in [5.74, 6) is -0.914. The zero-order chi connectivity index (χ0) is 24.8. The Labute approximate surface area is 204 Å². The first kappa shape index (κ1) is 24.6. The lowest BCUT2D eigenvalue weighted by Crippen LogP contribution is -2.45. The summed E-state index contributed by atoms with van der Waals surface area (Å²) in [5, 5.41) is 5.47. The number of hydrogen-bond acceptors (Lipinski definition) is 6. The monoisotopic (exact) mass is 497 g/mol. The molecular weight excluding hydrogens is 470 g/mol. The maximum Gasteiger partial charge on any atom is 0.287 e. The standard InChI is InChI=1S/C25H27N3O6S/c1-18-9-10-20(17-23(18)35(31,32)28-11-14-33-15-12-28)26-24(29)21(16-19-6-3-2-4-7-19)27-25(30)22-8-5-13-34-22/h2-10,13,17,21H,11-12,14-16H2,1H3,(H,26,29)(H,27,30)/t21-/m0/s1. The van der Waals surface area contributed by atoms with Gasteiger partial charge in [-0.2, -0.15) is 4.31 Å². The molecule has 1 aliphatic rings. The van der Waals surface area contributed by atoms with Gasteiger partial charge in [0.15, 0.2) is 5.76 Å². The Morgan fingerprint density at radius 3 is 2.46 bits per heavy atom. The first-order valence-electron chi connectivity index (χ1n) is 11.2. The van der Waals surface area contributed by atoms with Crippen molar-refractivity contribution in [3.8, 4) is 0 Å². The van der Waals surface area contributed by atoms with Crippen molar-refractivity contribution in [3.63, 3.8) is 0 Å². The van der Waals surface area contributed by atoms with Gasteiger partial charge in [0.1, 0.15) is 6.04 Å². The molecule has 0 radical (unpaired) electrons. The van der Waals surface area contributed by atoms with Gasteiger partial charge in [0.2, 0.25) is 15.9 Å². The Morgan fingerprint density at radius 1 is 1.03 bits per heavy atom. The molecule has 35 heavy (non-hydrogen) atoms. The van der Waals surface area contributed by atoms with Crippen molar-refractivity contribution in [1.82, 2.24) is 9.62 Å². The van der Waals surface area contributed by atoms with Crippen molar-refractivity contribution in [1.29, 1.82) is 0 Å². The van der Waals surface area contributed by atoms with Crippen LogP contribution in [0.25, 0.3) is 0 Å². The molecule has 2 aromatic carbocycles. The van der Waals surface area contributed by atoms with Crippen LogP contribution in [0.4, 0.5) is 5.69 Å². The number of carbonyl (C=O) groups is 2. The van der Waals surface area contributed by atoms with E-state index in [1.165, 1.54) is 22.7 Å². The molecule has 1 fully saturated rings. The summed E-state index contributed by atoms with van der Waals surface area (Å²) in [7, 11) is -3.75. The van der Waals surface area contributed by atoms with Gasteiger partial charge in [-0.05, 0) is 42.3 Å². The van der Waals surface area contributed by atoms with Gasteiger partial charge >= 0.3 is 0 Å². The Hall–Kier alpha value is -3.47. The largest absolute Gasteiger partial charge is 0.459 e. The molecule has 0 bridgehead atoms. The zero-order valence-corrected chi connectivity index (χ0v) is 20.1. The Bertz CT molecular complexity index is 1270. The lowest BCUT2D eigenvalue weighted by molar-refractivity contribution is -0.118. The van der Waals surface area contributed by atoms with Crippen molar-refractivity contribution in [2.75, 3.05) is 31.6 Å². The molecule has 2 heterocycles.